The van der Waals surface area contributed by atoms with E-state index in [4.69, 9.17) is 0 Å². The molecule has 0 fully saturated rings. The van der Waals surface area contributed by atoms with Crippen molar-refractivity contribution in [3.05, 3.63) is 70.9 Å². The van der Waals surface area contributed by atoms with Crippen LogP contribution in [0.4, 0.5) is 8.78 Å². The molecule has 0 radical (unpaired) electrons. The largest absolute Gasteiger partial charge is 0.358 e. The van der Waals surface area contributed by atoms with Crippen LogP contribution in [0.1, 0.15) is 28.0 Å². The predicted octanol–water partition coefficient (Wildman–Crippen LogP) is 3.73. The van der Waals surface area contributed by atoms with Gasteiger partial charge in [-0.15, -0.1) is 0 Å². The zero-order valence-corrected chi connectivity index (χ0v) is 12.9. The van der Waals surface area contributed by atoms with Gasteiger partial charge in [0.25, 0.3) is 5.91 Å². The molecule has 0 bridgehead atoms. The van der Waals surface area contributed by atoms with Gasteiger partial charge in [0.1, 0.15) is 11.6 Å². The Balaban J connectivity index is 1.56. The van der Waals surface area contributed by atoms with Crippen LogP contribution in [0.5, 0.6) is 0 Å². The van der Waals surface area contributed by atoms with Crippen molar-refractivity contribution in [3.63, 3.8) is 0 Å². The Hall–Kier alpha value is -2.69. The van der Waals surface area contributed by atoms with Gasteiger partial charge in [0, 0.05) is 28.2 Å². The second-order valence-corrected chi connectivity index (χ2v) is 6.20. The van der Waals surface area contributed by atoms with Crippen molar-refractivity contribution in [1.82, 2.24) is 10.3 Å². The van der Waals surface area contributed by atoms with Gasteiger partial charge in [0.15, 0.2) is 0 Å². The van der Waals surface area contributed by atoms with Crippen LogP contribution >= 0.6 is 0 Å². The molecule has 3 nitrogen and oxygen atoms in total. The van der Waals surface area contributed by atoms with Crippen molar-refractivity contribution in [1.29, 1.82) is 0 Å². The Labute approximate surface area is 137 Å². The van der Waals surface area contributed by atoms with E-state index in [1.165, 1.54) is 30.3 Å². The van der Waals surface area contributed by atoms with E-state index in [0.29, 0.717) is 12.0 Å². The first-order chi connectivity index (χ1) is 11.6. The van der Waals surface area contributed by atoms with Gasteiger partial charge in [-0.1, -0.05) is 6.07 Å². The fourth-order valence-corrected chi connectivity index (χ4v) is 3.42. The minimum atomic E-state index is -0.424. The molecule has 0 saturated carbocycles. The van der Waals surface area contributed by atoms with Gasteiger partial charge in [-0.05, 0) is 61.2 Å². The number of rotatable bonds is 2. The first-order valence-electron chi connectivity index (χ1n) is 7.95. The highest BCUT2D eigenvalue weighted by Gasteiger charge is 2.24. The Morgan fingerprint density at radius 1 is 1.12 bits per heavy atom. The molecular formula is C19H16F2N2O. The summed E-state index contributed by atoms with van der Waals surface area (Å²) in [6.45, 7) is 0. The standard InChI is InChI=1S/C19H16F2N2O/c20-12-3-1-2-11(8-12)19(24)22-14-5-7-17-16(10-14)15-6-4-13(21)9-18(15)23-17/h1-4,6,8-9,14,23H,5,7,10H2,(H,22,24). The molecule has 3 aromatic rings. The van der Waals surface area contributed by atoms with E-state index in [1.54, 1.807) is 12.1 Å². The molecule has 1 amide bonds. The van der Waals surface area contributed by atoms with Crippen LogP contribution in [-0.4, -0.2) is 16.9 Å². The van der Waals surface area contributed by atoms with Crippen molar-refractivity contribution >= 4 is 16.8 Å². The summed E-state index contributed by atoms with van der Waals surface area (Å²) in [6.07, 6.45) is 2.27. The lowest BCUT2D eigenvalue weighted by Crippen LogP contribution is -2.38. The first-order valence-corrected chi connectivity index (χ1v) is 7.95. The SMILES string of the molecule is O=C(NC1CCc2[nH]c3cc(F)ccc3c2C1)c1cccc(F)c1. The zero-order valence-electron chi connectivity index (χ0n) is 12.9. The van der Waals surface area contributed by atoms with Crippen LogP contribution < -0.4 is 5.32 Å². The molecule has 2 N–H and O–H groups in total. The third-order valence-corrected chi connectivity index (χ3v) is 4.57. The molecule has 0 aliphatic heterocycles. The molecule has 0 saturated heterocycles. The molecule has 1 aliphatic carbocycles. The number of halogens is 2. The van der Waals surface area contributed by atoms with Gasteiger partial charge in [-0.3, -0.25) is 4.79 Å². The molecular weight excluding hydrogens is 310 g/mol. The highest BCUT2D eigenvalue weighted by molar-refractivity contribution is 5.94. The maximum atomic E-state index is 13.4. The number of aromatic amines is 1. The number of amides is 1. The summed E-state index contributed by atoms with van der Waals surface area (Å²) < 4.78 is 26.6. The van der Waals surface area contributed by atoms with Gasteiger partial charge < -0.3 is 10.3 Å². The molecule has 1 unspecified atom stereocenters. The number of nitrogens with one attached hydrogen (secondary N) is 2. The highest BCUT2D eigenvalue weighted by atomic mass is 19.1. The fourth-order valence-electron chi connectivity index (χ4n) is 3.42. The summed E-state index contributed by atoms with van der Waals surface area (Å²) in [4.78, 5) is 15.6. The van der Waals surface area contributed by atoms with Crippen LogP contribution in [0.25, 0.3) is 10.9 Å². The number of aryl methyl sites for hydroxylation is 1. The fraction of sp³-hybridized carbons (Fsp3) is 0.211. The van der Waals surface area contributed by atoms with E-state index in [-0.39, 0.29) is 17.8 Å². The lowest BCUT2D eigenvalue weighted by atomic mass is 9.91. The Morgan fingerprint density at radius 3 is 2.79 bits per heavy atom. The van der Waals surface area contributed by atoms with Gasteiger partial charge in [-0.2, -0.15) is 0 Å². The second kappa shape index (κ2) is 5.74. The van der Waals surface area contributed by atoms with Crippen molar-refractivity contribution in [3.8, 4) is 0 Å². The minimum Gasteiger partial charge on any atom is -0.358 e. The van der Waals surface area contributed by atoms with Gasteiger partial charge in [0.05, 0.1) is 0 Å². The minimum absolute atomic E-state index is 0.0164. The van der Waals surface area contributed by atoms with E-state index < -0.39 is 5.82 Å². The average Bonchev–Trinajstić information content (AvgIpc) is 2.91. The molecule has 2 aromatic carbocycles. The Kier molecular flexibility index (Phi) is 3.56. The predicted molar refractivity (Wildman–Crippen MR) is 87.9 cm³/mol. The van der Waals surface area contributed by atoms with Crippen LogP contribution in [0.3, 0.4) is 0 Å². The van der Waals surface area contributed by atoms with Gasteiger partial charge in [0.2, 0.25) is 0 Å². The number of carbonyl (C=O) groups excluding carboxylic acids is 1. The van der Waals surface area contributed by atoms with Crippen LogP contribution in [0.15, 0.2) is 42.5 Å². The lowest BCUT2D eigenvalue weighted by Gasteiger charge is -2.23. The number of carbonyl (C=O) groups is 1. The number of hydrogen-bond donors (Lipinski definition) is 2. The lowest BCUT2D eigenvalue weighted by molar-refractivity contribution is 0.0933. The first kappa shape index (κ1) is 14.9. The summed E-state index contributed by atoms with van der Waals surface area (Å²) in [5, 5.41) is 3.97. The maximum Gasteiger partial charge on any atom is 0.251 e. The normalized spacial score (nSPS) is 16.8. The van der Waals surface area contributed by atoms with Crippen molar-refractivity contribution in [2.24, 2.45) is 0 Å². The average molecular weight is 326 g/mol. The number of fused-ring (bicyclic) bond motifs is 3. The third kappa shape index (κ3) is 2.66. The summed E-state index contributed by atoms with van der Waals surface area (Å²) in [5.41, 5.74) is 3.34. The Bertz CT molecular complexity index is 932. The van der Waals surface area contributed by atoms with E-state index >= 15 is 0 Å². The molecule has 1 aromatic heterocycles. The van der Waals surface area contributed by atoms with Crippen molar-refractivity contribution in [2.45, 2.75) is 25.3 Å². The maximum absolute atomic E-state index is 13.4. The summed E-state index contributed by atoms with van der Waals surface area (Å²) in [5.74, 6) is -0.960. The molecule has 122 valence electrons. The molecule has 24 heavy (non-hydrogen) atoms. The monoisotopic (exact) mass is 326 g/mol. The zero-order chi connectivity index (χ0) is 16.7. The third-order valence-electron chi connectivity index (χ3n) is 4.57. The van der Waals surface area contributed by atoms with Crippen LogP contribution in [0, 0.1) is 11.6 Å². The van der Waals surface area contributed by atoms with E-state index in [2.05, 4.69) is 10.3 Å². The topological polar surface area (TPSA) is 44.9 Å². The van der Waals surface area contributed by atoms with Crippen molar-refractivity contribution in [2.75, 3.05) is 0 Å². The molecule has 4 rings (SSSR count). The van der Waals surface area contributed by atoms with Crippen LogP contribution in [-0.2, 0) is 12.8 Å². The van der Waals surface area contributed by atoms with Gasteiger partial charge in [-0.25, -0.2) is 8.78 Å². The molecule has 0 spiro atoms. The number of hydrogen-bond acceptors (Lipinski definition) is 1. The molecule has 1 atom stereocenters. The molecule has 5 heteroatoms. The van der Waals surface area contributed by atoms with E-state index in [1.807, 2.05) is 0 Å². The van der Waals surface area contributed by atoms with Gasteiger partial charge >= 0.3 is 0 Å². The number of benzene rings is 2. The van der Waals surface area contributed by atoms with Crippen molar-refractivity contribution < 1.29 is 13.6 Å². The summed E-state index contributed by atoms with van der Waals surface area (Å²) in [6, 6.07) is 10.4. The second-order valence-electron chi connectivity index (χ2n) is 6.20. The summed E-state index contributed by atoms with van der Waals surface area (Å²) in [7, 11) is 0. The highest BCUT2D eigenvalue weighted by Crippen LogP contribution is 2.29. The smallest absolute Gasteiger partial charge is 0.251 e. The summed E-state index contributed by atoms with van der Waals surface area (Å²) >= 11 is 0. The number of H-pyrrole nitrogens is 1. The quantitative estimate of drug-likeness (QED) is 0.740. The Morgan fingerprint density at radius 2 is 1.96 bits per heavy atom. The molecule has 1 aliphatic rings. The van der Waals surface area contributed by atoms with E-state index in [9.17, 15) is 13.6 Å². The molecule has 1 heterocycles. The number of aromatic nitrogens is 1. The van der Waals surface area contributed by atoms with E-state index in [0.717, 1.165) is 35.0 Å². The van der Waals surface area contributed by atoms with Crippen LogP contribution in [0.2, 0.25) is 0 Å².